The van der Waals surface area contributed by atoms with E-state index in [4.69, 9.17) is 19.6 Å². The average Bonchev–Trinajstić information content (AvgIpc) is 3.24. The number of benzene rings is 3. The van der Waals surface area contributed by atoms with Gasteiger partial charge in [-0.1, -0.05) is 54.6 Å². The van der Waals surface area contributed by atoms with Crippen LogP contribution in [0.3, 0.4) is 0 Å². The van der Waals surface area contributed by atoms with Crippen molar-refractivity contribution in [3.8, 4) is 11.5 Å². The van der Waals surface area contributed by atoms with Gasteiger partial charge in [0.1, 0.15) is 5.52 Å². The summed E-state index contributed by atoms with van der Waals surface area (Å²) in [5, 5.41) is 0. The predicted molar refractivity (Wildman–Crippen MR) is 123 cm³/mol. The molecule has 1 aromatic heterocycles. The lowest BCUT2D eigenvalue weighted by molar-refractivity contribution is 0.0600. The summed E-state index contributed by atoms with van der Waals surface area (Å²) < 4.78 is 17.3. The van der Waals surface area contributed by atoms with E-state index in [0.29, 0.717) is 32.3 Å². The van der Waals surface area contributed by atoms with Gasteiger partial charge in [0.2, 0.25) is 5.89 Å². The third kappa shape index (κ3) is 6.25. The highest BCUT2D eigenvalue weighted by molar-refractivity contribution is 5.75. The van der Waals surface area contributed by atoms with E-state index in [-0.39, 0.29) is 6.04 Å². The van der Waals surface area contributed by atoms with Gasteiger partial charge in [-0.05, 0) is 48.2 Å². The molecule has 2 N–H and O–H groups in total. The minimum Gasteiger partial charge on any atom is -0.436 e. The zero-order valence-electron chi connectivity index (χ0n) is 17.6. The summed E-state index contributed by atoms with van der Waals surface area (Å²) in [6.45, 7) is 2.19. The van der Waals surface area contributed by atoms with Gasteiger partial charge in [-0.3, -0.25) is 0 Å². The molecule has 0 spiro atoms. The molecule has 0 saturated carbocycles. The first-order valence-corrected chi connectivity index (χ1v) is 10.7. The van der Waals surface area contributed by atoms with Crippen molar-refractivity contribution in [2.45, 2.75) is 25.5 Å². The summed E-state index contributed by atoms with van der Waals surface area (Å²) in [5.41, 5.74) is 11.1. The number of oxazole rings is 1. The number of fused-ring (bicyclic) bond motifs is 1. The van der Waals surface area contributed by atoms with Crippen molar-refractivity contribution in [3.05, 3.63) is 90.0 Å². The van der Waals surface area contributed by atoms with Gasteiger partial charge >= 0.3 is 0 Å². The van der Waals surface area contributed by atoms with Gasteiger partial charge in [0.15, 0.2) is 5.58 Å². The minimum absolute atomic E-state index is 0.129. The van der Waals surface area contributed by atoms with Crippen LogP contribution in [0.5, 0.6) is 0 Å². The van der Waals surface area contributed by atoms with Gasteiger partial charge in [0.05, 0.1) is 25.9 Å². The predicted octanol–water partition coefficient (Wildman–Crippen LogP) is 4.99. The minimum atomic E-state index is -0.129. The van der Waals surface area contributed by atoms with Crippen molar-refractivity contribution in [2.24, 2.45) is 5.73 Å². The molecule has 0 aliphatic rings. The largest absolute Gasteiger partial charge is 0.436 e. The summed E-state index contributed by atoms with van der Waals surface area (Å²) in [6.07, 6.45) is 2.01. The van der Waals surface area contributed by atoms with Crippen LogP contribution in [0.4, 0.5) is 0 Å². The third-order valence-corrected chi connectivity index (χ3v) is 5.02. The van der Waals surface area contributed by atoms with E-state index < -0.39 is 0 Å². The first kappa shape index (κ1) is 21.2. The van der Waals surface area contributed by atoms with E-state index >= 15 is 0 Å². The second kappa shape index (κ2) is 10.9. The maximum Gasteiger partial charge on any atom is 0.227 e. The fourth-order valence-electron chi connectivity index (χ4n) is 3.37. The van der Waals surface area contributed by atoms with Crippen molar-refractivity contribution in [1.82, 2.24) is 4.98 Å². The van der Waals surface area contributed by atoms with Gasteiger partial charge < -0.3 is 19.6 Å². The van der Waals surface area contributed by atoms with Gasteiger partial charge in [-0.25, -0.2) is 4.98 Å². The average molecular weight is 417 g/mol. The lowest BCUT2D eigenvalue weighted by Gasteiger charge is -2.13. The Morgan fingerprint density at radius 1 is 0.806 bits per heavy atom. The zero-order valence-corrected chi connectivity index (χ0v) is 17.6. The molecule has 1 heterocycles. The second-order valence-corrected chi connectivity index (χ2v) is 7.62. The van der Waals surface area contributed by atoms with E-state index in [1.54, 1.807) is 0 Å². The molecule has 0 aliphatic carbocycles. The quantitative estimate of drug-likeness (QED) is 0.349. The molecule has 4 aromatic rings. The topological polar surface area (TPSA) is 70.5 Å². The maximum atomic E-state index is 6.10. The molecule has 3 aromatic carbocycles. The van der Waals surface area contributed by atoms with Crippen molar-refractivity contribution in [3.63, 3.8) is 0 Å². The molecular weight excluding hydrogens is 388 g/mol. The Balaban J connectivity index is 1.14. The summed E-state index contributed by atoms with van der Waals surface area (Å²) in [7, 11) is 0. The third-order valence-electron chi connectivity index (χ3n) is 5.02. The Bertz CT molecular complexity index is 1030. The van der Waals surface area contributed by atoms with Crippen LogP contribution >= 0.6 is 0 Å². The van der Waals surface area contributed by atoms with Crippen molar-refractivity contribution in [1.29, 1.82) is 0 Å². The van der Waals surface area contributed by atoms with Crippen LogP contribution in [0.15, 0.2) is 83.3 Å². The fraction of sp³-hybridized carbons (Fsp3) is 0.269. The normalized spacial score (nSPS) is 12.3. The van der Waals surface area contributed by atoms with Crippen LogP contribution in [-0.4, -0.2) is 30.8 Å². The molecule has 5 nitrogen and oxygen atoms in total. The zero-order chi connectivity index (χ0) is 21.3. The molecule has 0 bridgehead atoms. The lowest BCUT2D eigenvalue weighted by atomic mass is 10.1. The van der Waals surface area contributed by atoms with E-state index in [1.165, 1.54) is 5.56 Å². The first-order valence-electron chi connectivity index (χ1n) is 10.7. The van der Waals surface area contributed by atoms with Crippen LogP contribution in [0.1, 0.15) is 17.5 Å². The number of nitrogens with zero attached hydrogens (tertiary/aromatic N) is 1. The SMILES string of the molecule is NC(COCCCc1ccccc1)COCc1ccc(-c2nc3ccccc3o2)cc1. The Morgan fingerprint density at radius 2 is 1.55 bits per heavy atom. The molecule has 4 rings (SSSR count). The number of aryl methyl sites for hydroxylation is 1. The van der Waals surface area contributed by atoms with Gasteiger partial charge in [0.25, 0.3) is 0 Å². The molecule has 0 radical (unpaired) electrons. The number of rotatable bonds is 11. The summed E-state index contributed by atoms with van der Waals surface area (Å²) in [6, 6.07) is 26.1. The van der Waals surface area contributed by atoms with Crippen LogP contribution in [-0.2, 0) is 22.5 Å². The number of hydrogen-bond acceptors (Lipinski definition) is 5. The van der Waals surface area contributed by atoms with Crippen LogP contribution in [0.25, 0.3) is 22.6 Å². The van der Waals surface area contributed by atoms with Crippen molar-refractivity contribution < 1.29 is 13.9 Å². The lowest BCUT2D eigenvalue weighted by Crippen LogP contribution is -2.31. The van der Waals surface area contributed by atoms with Gasteiger partial charge in [-0.2, -0.15) is 0 Å². The molecule has 0 saturated heterocycles. The number of para-hydroxylation sites is 2. The van der Waals surface area contributed by atoms with Crippen LogP contribution in [0, 0.1) is 0 Å². The van der Waals surface area contributed by atoms with E-state index in [9.17, 15) is 0 Å². The van der Waals surface area contributed by atoms with E-state index in [1.807, 2.05) is 54.6 Å². The molecule has 160 valence electrons. The molecule has 1 atom stereocenters. The Morgan fingerprint density at radius 3 is 2.35 bits per heavy atom. The summed E-state index contributed by atoms with van der Waals surface area (Å²) >= 11 is 0. The van der Waals surface area contributed by atoms with E-state index in [0.717, 1.165) is 35.1 Å². The second-order valence-electron chi connectivity index (χ2n) is 7.62. The van der Waals surface area contributed by atoms with Crippen molar-refractivity contribution in [2.75, 3.05) is 19.8 Å². The number of hydrogen-bond donors (Lipinski definition) is 1. The molecule has 1 unspecified atom stereocenters. The number of nitrogens with two attached hydrogens (primary N) is 1. The Hall–Kier alpha value is -2.99. The number of ether oxygens (including phenoxy) is 2. The van der Waals surface area contributed by atoms with Crippen LogP contribution in [0.2, 0.25) is 0 Å². The highest BCUT2D eigenvalue weighted by Gasteiger charge is 2.08. The van der Waals surface area contributed by atoms with Gasteiger partial charge in [0, 0.05) is 12.2 Å². The molecule has 0 amide bonds. The number of aromatic nitrogens is 1. The highest BCUT2D eigenvalue weighted by Crippen LogP contribution is 2.24. The molecule has 5 heteroatoms. The smallest absolute Gasteiger partial charge is 0.227 e. The van der Waals surface area contributed by atoms with Gasteiger partial charge in [-0.15, -0.1) is 0 Å². The Kier molecular flexibility index (Phi) is 7.45. The Labute approximate surface area is 182 Å². The fourth-order valence-corrected chi connectivity index (χ4v) is 3.37. The van der Waals surface area contributed by atoms with Crippen molar-refractivity contribution >= 4 is 11.1 Å². The van der Waals surface area contributed by atoms with E-state index in [2.05, 4.69) is 29.2 Å². The monoisotopic (exact) mass is 416 g/mol. The highest BCUT2D eigenvalue weighted by atomic mass is 16.5. The molecule has 0 aliphatic heterocycles. The van der Waals surface area contributed by atoms with Crippen LogP contribution < -0.4 is 5.73 Å². The summed E-state index contributed by atoms with van der Waals surface area (Å²) in [4.78, 5) is 4.53. The standard InChI is InChI=1S/C26H28N2O3/c27-23(18-29-16-6-9-20-7-2-1-3-8-20)19-30-17-21-12-14-22(15-13-21)26-28-24-10-4-5-11-25(24)31-26/h1-5,7-8,10-15,23H,6,9,16-19,27H2. The summed E-state index contributed by atoms with van der Waals surface area (Å²) in [5.74, 6) is 0.625. The molecule has 0 fully saturated rings. The molecule has 31 heavy (non-hydrogen) atoms. The first-order chi connectivity index (χ1) is 15.3. The molecular formula is C26H28N2O3. The maximum absolute atomic E-state index is 6.10.